The lowest BCUT2D eigenvalue weighted by atomic mass is 10.1. The van der Waals surface area contributed by atoms with Crippen molar-refractivity contribution in [2.24, 2.45) is 5.92 Å². The Morgan fingerprint density at radius 2 is 2.00 bits per heavy atom. The third kappa shape index (κ3) is 4.40. The van der Waals surface area contributed by atoms with Crippen molar-refractivity contribution >= 4 is 5.69 Å². The molecule has 1 aromatic rings. The van der Waals surface area contributed by atoms with Crippen molar-refractivity contribution in [2.45, 2.75) is 66.0 Å². The Hall–Kier alpha value is -1.16. The van der Waals surface area contributed by atoms with Gasteiger partial charge in [0.1, 0.15) is 5.82 Å². The van der Waals surface area contributed by atoms with Crippen LogP contribution in [0, 0.1) is 5.92 Å². The van der Waals surface area contributed by atoms with Gasteiger partial charge < -0.3 is 10.2 Å². The first-order valence-corrected chi connectivity index (χ1v) is 8.36. The molecule has 0 atom stereocenters. The van der Waals surface area contributed by atoms with Crippen molar-refractivity contribution in [1.29, 1.82) is 0 Å². The van der Waals surface area contributed by atoms with Gasteiger partial charge in [-0.05, 0) is 39.2 Å². The average molecular weight is 290 g/mol. The van der Waals surface area contributed by atoms with Gasteiger partial charge >= 0.3 is 0 Å². The molecule has 1 heterocycles. The standard InChI is InChI=1S/C17H30N4/c1-6-18-9-15-16(10-19-17(20-15)12(2)3)21(13(4)5)11-14-7-8-14/h10,12-14,18H,6-9,11H2,1-5H3. The first-order valence-electron chi connectivity index (χ1n) is 8.36. The second-order valence-corrected chi connectivity index (χ2v) is 6.68. The summed E-state index contributed by atoms with van der Waals surface area (Å²) in [5, 5.41) is 3.42. The van der Waals surface area contributed by atoms with Crippen molar-refractivity contribution in [3.05, 3.63) is 17.7 Å². The van der Waals surface area contributed by atoms with Gasteiger partial charge in [0.25, 0.3) is 0 Å². The van der Waals surface area contributed by atoms with Gasteiger partial charge in [0.05, 0.1) is 17.6 Å². The Labute approximate surface area is 129 Å². The molecule has 21 heavy (non-hydrogen) atoms. The molecule has 0 aliphatic heterocycles. The molecule has 1 saturated carbocycles. The molecule has 1 aliphatic carbocycles. The van der Waals surface area contributed by atoms with Crippen molar-refractivity contribution in [2.75, 3.05) is 18.0 Å². The SMILES string of the molecule is CCNCc1nc(C(C)C)ncc1N(CC1CC1)C(C)C. The van der Waals surface area contributed by atoms with Gasteiger partial charge in [0.2, 0.25) is 0 Å². The third-order valence-electron chi connectivity index (χ3n) is 4.01. The van der Waals surface area contributed by atoms with E-state index in [-0.39, 0.29) is 0 Å². The normalized spacial score (nSPS) is 15.0. The summed E-state index contributed by atoms with van der Waals surface area (Å²) in [4.78, 5) is 11.9. The largest absolute Gasteiger partial charge is 0.366 e. The van der Waals surface area contributed by atoms with E-state index in [9.17, 15) is 0 Å². The summed E-state index contributed by atoms with van der Waals surface area (Å²) in [5.41, 5.74) is 2.35. The maximum absolute atomic E-state index is 4.83. The number of hydrogen-bond acceptors (Lipinski definition) is 4. The zero-order valence-corrected chi connectivity index (χ0v) is 14.2. The van der Waals surface area contributed by atoms with Gasteiger partial charge in [0.15, 0.2) is 0 Å². The zero-order chi connectivity index (χ0) is 15.4. The lowest BCUT2D eigenvalue weighted by molar-refractivity contribution is 0.623. The summed E-state index contributed by atoms with van der Waals surface area (Å²) in [5.74, 6) is 2.18. The van der Waals surface area contributed by atoms with Gasteiger partial charge in [-0.1, -0.05) is 20.8 Å². The molecule has 118 valence electrons. The zero-order valence-electron chi connectivity index (χ0n) is 14.2. The Balaban J connectivity index is 2.28. The van der Waals surface area contributed by atoms with Crippen LogP contribution >= 0.6 is 0 Å². The highest BCUT2D eigenvalue weighted by molar-refractivity contribution is 5.50. The van der Waals surface area contributed by atoms with E-state index in [1.807, 2.05) is 6.20 Å². The number of anilines is 1. The molecular weight excluding hydrogens is 260 g/mol. The molecule has 0 unspecified atom stereocenters. The Kier molecular flexibility index (Phi) is 5.57. The maximum atomic E-state index is 4.83. The van der Waals surface area contributed by atoms with E-state index in [1.54, 1.807) is 0 Å². The summed E-state index contributed by atoms with van der Waals surface area (Å²) in [6.45, 7) is 13.9. The summed E-state index contributed by atoms with van der Waals surface area (Å²) < 4.78 is 0. The Morgan fingerprint density at radius 3 is 2.52 bits per heavy atom. The number of nitrogens with one attached hydrogen (secondary N) is 1. The van der Waals surface area contributed by atoms with E-state index in [0.29, 0.717) is 12.0 Å². The summed E-state index contributed by atoms with van der Waals surface area (Å²) in [6, 6.07) is 0.486. The van der Waals surface area contributed by atoms with E-state index in [2.05, 4.69) is 49.8 Å². The molecule has 0 bridgehead atoms. The molecule has 1 aromatic heterocycles. The van der Waals surface area contributed by atoms with Crippen LogP contribution < -0.4 is 10.2 Å². The number of hydrogen-bond donors (Lipinski definition) is 1. The average Bonchev–Trinajstić information content (AvgIpc) is 3.26. The topological polar surface area (TPSA) is 41.1 Å². The van der Waals surface area contributed by atoms with E-state index in [4.69, 9.17) is 4.98 Å². The van der Waals surface area contributed by atoms with Crippen LogP contribution in [0.1, 0.15) is 64.9 Å². The first-order chi connectivity index (χ1) is 10.0. The van der Waals surface area contributed by atoms with E-state index >= 15 is 0 Å². The van der Waals surface area contributed by atoms with Crippen LogP contribution in [0.25, 0.3) is 0 Å². The molecule has 0 aromatic carbocycles. The van der Waals surface area contributed by atoms with Gasteiger partial charge in [-0.2, -0.15) is 0 Å². The molecule has 0 saturated heterocycles. The van der Waals surface area contributed by atoms with Crippen LogP contribution in [-0.4, -0.2) is 29.1 Å². The Morgan fingerprint density at radius 1 is 1.29 bits per heavy atom. The molecule has 1 fully saturated rings. The van der Waals surface area contributed by atoms with Gasteiger partial charge in [0, 0.05) is 25.0 Å². The first kappa shape index (κ1) is 16.2. The highest BCUT2D eigenvalue weighted by atomic mass is 15.2. The predicted octanol–water partition coefficient (Wildman–Crippen LogP) is 3.33. The molecule has 1 N–H and O–H groups in total. The predicted molar refractivity (Wildman–Crippen MR) is 88.7 cm³/mol. The lowest BCUT2D eigenvalue weighted by Gasteiger charge is -2.30. The number of rotatable bonds is 8. The molecule has 1 aliphatic rings. The van der Waals surface area contributed by atoms with Crippen molar-refractivity contribution in [1.82, 2.24) is 15.3 Å². The van der Waals surface area contributed by atoms with Crippen molar-refractivity contribution < 1.29 is 0 Å². The van der Waals surface area contributed by atoms with E-state index in [1.165, 1.54) is 18.5 Å². The second-order valence-electron chi connectivity index (χ2n) is 6.68. The van der Waals surface area contributed by atoms with Gasteiger partial charge in [-0.3, -0.25) is 0 Å². The molecule has 4 heteroatoms. The molecular formula is C17H30N4. The summed E-state index contributed by atoms with van der Waals surface area (Å²) in [7, 11) is 0. The molecule has 0 radical (unpaired) electrons. The van der Waals surface area contributed by atoms with Gasteiger partial charge in [-0.25, -0.2) is 9.97 Å². The van der Waals surface area contributed by atoms with E-state index < -0.39 is 0 Å². The smallest absolute Gasteiger partial charge is 0.131 e. The van der Waals surface area contributed by atoms with Crippen LogP contribution in [0.15, 0.2) is 6.20 Å². The Bertz CT molecular complexity index is 452. The summed E-state index contributed by atoms with van der Waals surface area (Å²) >= 11 is 0. The highest BCUT2D eigenvalue weighted by Crippen LogP contribution is 2.33. The fraction of sp³-hybridized carbons (Fsp3) is 0.765. The maximum Gasteiger partial charge on any atom is 0.131 e. The van der Waals surface area contributed by atoms with Crippen molar-refractivity contribution in [3.8, 4) is 0 Å². The second kappa shape index (κ2) is 7.21. The number of aromatic nitrogens is 2. The molecule has 0 spiro atoms. The molecule has 4 nitrogen and oxygen atoms in total. The minimum Gasteiger partial charge on any atom is -0.366 e. The number of nitrogens with zero attached hydrogens (tertiary/aromatic N) is 3. The quantitative estimate of drug-likeness (QED) is 0.797. The van der Waals surface area contributed by atoms with Crippen LogP contribution in [0.4, 0.5) is 5.69 Å². The minimum atomic E-state index is 0.371. The highest BCUT2D eigenvalue weighted by Gasteiger charge is 2.27. The van der Waals surface area contributed by atoms with Crippen molar-refractivity contribution in [3.63, 3.8) is 0 Å². The van der Waals surface area contributed by atoms with Crippen LogP contribution in [-0.2, 0) is 6.54 Å². The summed E-state index contributed by atoms with van der Waals surface area (Å²) in [6.07, 6.45) is 4.78. The van der Waals surface area contributed by atoms with Crippen LogP contribution in [0.3, 0.4) is 0 Å². The fourth-order valence-electron chi connectivity index (χ4n) is 2.48. The minimum absolute atomic E-state index is 0.371. The molecule has 0 amide bonds. The fourth-order valence-corrected chi connectivity index (χ4v) is 2.48. The van der Waals surface area contributed by atoms with Crippen LogP contribution in [0.5, 0.6) is 0 Å². The molecule has 2 rings (SSSR count). The van der Waals surface area contributed by atoms with Crippen LogP contribution in [0.2, 0.25) is 0 Å². The van der Waals surface area contributed by atoms with Gasteiger partial charge in [-0.15, -0.1) is 0 Å². The lowest BCUT2D eigenvalue weighted by Crippen LogP contribution is -2.34. The van der Waals surface area contributed by atoms with E-state index in [0.717, 1.165) is 37.1 Å². The third-order valence-corrected chi connectivity index (χ3v) is 4.01. The monoisotopic (exact) mass is 290 g/mol.